The van der Waals surface area contributed by atoms with E-state index in [-0.39, 0.29) is 6.04 Å². The summed E-state index contributed by atoms with van der Waals surface area (Å²) in [5, 5.41) is 0. The predicted octanol–water partition coefficient (Wildman–Crippen LogP) is 0.0269. The monoisotopic (exact) mass is 392 g/mol. The average molecular weight is 392 g/mol. The van der Waals surface area contributed by atoms with Gasteiger partial charge < -0.3 is 4.57 Å². The summed E-state index contributed by atoms with van der Waals surface area (Å²) in [6, 6.07) is 9.90. The Hall–Kier alpha value is -2.23. The molecule has 1 aromatic carbocycles. The van der Waals surface area contributed by atoms with E-state index in [1.54, 1.807) is 0 Å². The molecule has 9 heteroatoms. The first-order valence-corrected chi connectivity index (χ1v) is 10.3. The molecular formula is C18H24N4O4S. The van der Waals surface area contributed by atoms with E-state index in [2.05, 4.69) is 21.8 Å². The molecule has 0 saturated carbocycles. The van der Waals surface area contributed by atoms with Gasteiger partial charge in [0.25, 0.3) is 5.56 Å². The quantitative estimate of drug-likeness (QED) is 0.775. The lowest BCUT2D eigenvalue weighted by Gasteiger charge is -2.32. The van der Waals surface area contributed by atoms with Crippen LogP contribution in [0.25, 0.3) is 0 Å². The Morgan fingerprint density at radius 1 is 1.07 bits per heavy atom. The number of aromatic nitrogens is 2. The van der Waals surface area contributed by atoms with Crippen molar-refractivity contribution >= 4 is 10.0 Å². The second kappa shape index (κ2) is 7.79. The summed E-state index contributed by atoms with van der Waals surface area (Å²) in [6.07, 6.45) is 2.41. The van der Waals surface area contributed by atoms with E-state index in [9.17, 15) is 18.0 Å². The van der Waals surface area contributed by atoms with Crippen molar-refractivity contribution in [2.75, 3.05) is 13.1 Å². The molecule has 8 nitrogen and oxygen atoms in total. The van der Waals surface area contributed by atoms with Crippen LogP contribution < -0.4 is 16.0 Å². The number of nitrogens with one attached hydrogen (secondary N) is 1. The van der Waals surface area contributed by atoms with Crippen molar-refractivity contribution in [2.24, 2.45) is 14.1 Å². The fourth-order valence-corrected chi connectivity index (χ4v) is 4.76. The van der Waals surface area contributed by atoms with Crippen molar-refractivity contribution in [2.45, 2.75) is 30.3 Å². The molecule has 0 unspecified atom stereocenters. The molecule has 3 rings (SSSR count). The lowest BCUT2D eigenvalue weighted by atomic mass is 10.1. The lowest BCUT2D eigenvalue weighted by molar-refractivity contribution is 0.200. The van der Waals surface area contributed by atoms with Crippen molar-refractivity contribution in [3.8, 4) is 0 Å². The van der Waals surface area contributed by atoms with Gasteiger partial charge in [-0.15, -0.1) is 0 Å². The number of sulfonamides is 1. The van der Waals surface area contributed by atoms with E-state index in [1.165, 1.54) is 19.7 Å². The van der Waals surface area contributed by atoms with Crippen LogP contribution >= 0.6 is 0 Å². The van der Waals surface area contributed by atoms with Crippen molar-refractivity contribution in [1.82, 2.24) is 18.8 Å². The Morgan fingerprint density at radius 3 is 2.33 bits per heavy atom. The first-order chi connectivity index (χ1) is 12.8. The summed E-state index contributed by atoms with van der Waals surface area (Å²) in [6.45, 7) is 2.38. The maximum Gasteiger partial charge on any atom is 0.330 e. The molecule has 1 N–H and O–H groups in total. The minimum Gasteiger partial charge on any atom is -0.302 e. The van der Waals surface area contributed by atoms with Crippen LogP contribution in [0.1, 0.15) is 18.4 Å². The molecule has 0 bridgehead atoms. The normalized spacial score (nSPS) is 16.5. The number of aryl methyl sites for hydroxylation is 1. The molecule has 1 fully saturated rings. The number of nitrogens with zero attached hydrogens (tertiary/aromatic N) is 3. The Bertz CT molecular complexity index is 1020. The number of piperidine rings is 1. The molecule has 0 aliphatic carbocycles. The van der Waals surface area contributed by atoms with Crippen LogP contribution in [-0.2, 0) is 30.7 Å². The van der Waals surface area contributed by atoms with Crippen LogP contribution in [-0.4, -0.2) is 41.6 Å². The van der Waals surface area contributed by atoms with Crippen molar-refractivity contribution in [3.05, 3.63) is 62.9 Å². The summed E-state index contributed by atoms with van der Waals surface area (Å²) in [7, 11) is -1.30. The maximum absolute atomic E-state index is 12.7. The third-order valence-electron chi connectivity index (χ3n) is 4.86. The predicted molar refractivity (Wildman–Crippen MR) is 102 cm³/mol. The van der Waals surface area contributed by atoms with Gasteiger partial charge in [0.1, 0.15) is 0 Å². The standard InChI is InChI=1S/C18H24N4O4S/c1-20-13-16(17(23)21(2)18(20)24)27(25,26)19-15-8-10-22(11-9-15)12-14-6-4-3-5-7-14/h3-7,13,15,19H,8-12H2,1-2H3. The summed E-state index contributed by atoms with van der Waals surface area (Å²) >= 11 is 0. The average Bonchev–Trinajstić information content (AvgIpc) is 2.65. The minimum absolute atomic E-state index is 0.232. The first-order valence-electron chi connectivity index (χ1n) is 8.83. The van der Waals surface area contributed by atoms with Gasteiger partial charge in [0.05, 0.1) is 0 Å². The molecule has 1 aliphatic heterocycles. The molecule has 2 heterocycles. The number of hydrogen-bond donors (Lipinski definition) is 1. The van der Waals surface area contributed by atoms with Gasteiger partial charge in [-0.3, -0.25) is 14.3 Å². The highest BCUT2D eigenvalue weighted by Crippen LogP contribution is 2.15. The van der Waals surface area contributed by atoms with Gasteiger partial charge in [0, 0.05) is 46.0 Å². The van der Waals surface area contributed by atoms with Gasteiger partial charge in [-0.1, -0.05) is 30.3 Å². The molecule has 2 aromatic rings. The Labute approximate surface area is 158 Å². The molecule has 27 heavy (non-hydrogen) atoms. The topological polar surface area (TPSA) is 93.4 Å². The highest BCUT2D eigenvalue weighted by atomic mass is 32.2. The second-order valence-electron chi connectivity index (χ2n) is 6.91. The van der Waals surface area contributed by atoms with Crippen molar-refractivity contribution < 1.29 is 8.42 Å². The fourth-order valence-electron chi connectivity index (χ4n) is 3.29. The third kappa shape index (κ3) is 4.37. The molecule has 1 saturated heterocycles. The van der Waals surface area contributed by atoms with Crippen LogP contribution in [0.5, 0.6) is 0 Å². The number of likely N-dealkylation sites (tertiary alicyclic amines) is 1. The summed E-state index contributed by atoms with van der Waals surface area (Å²) in [5.41, 5.74) is -0.148. The molecular weight excluding hydrogens is 368 g/mol. The highest BCUT2D eigenvalue weighted by molar-refractivity contribution is 7.89. The van der Waals surface area contributed by atoms with Gasteiger partial charge in [-0.05, 0) is 18.4 Å². The number of rotatable bonds is 5. The Balaban J connectivity index is 1.66. The minimum atomic E-state index is -3.99. The third-order valence-corrected chi connectivity index (χ3v) is 6.37. The van der Waals surface area contributed by atoms with Crippen LogP contribution in [0.3, 0.4) is 0 Å². The van der Waals surface area contributed by atoms with Gasteiger partial charge >= 0.3 is 5.69 Å². The van der Waals surface area contributed by atoms with Gasteiger partial charge in [0.2, 0.25) is 10.0 Å². The molecule has 1 aliphatic rings. The highest BCUT2D eigenvalue weighted by Gasteiger charge is 2.27. The van der Waals surface area contributed by atoms with E-state index in [1.807, 2.05) is 18.2 Å². The van der Waals surface area contributed by atoms with Crippen LogP contribution in [0.4, 0.5) is 0 Å². The first kappa shape index (κ1) is 19.5. The number of benzene rings is 1. The molecule has 1 aromatic heterocycles. The molecule has 0 radical (unpaired) electrons. The summed E-state index contributed by atoms with van der Waals surface area (Å²) in [4.78, 5) is 25.8. The van der Waals surface area contributed by atoms with E-state index in [0.29, 0.717) is 12.8 Å². The Kier molecular flexibility index (Phi) is 5.64. The summed E-state index contributed by atoms with van der Waals surface area (Å²) < 4.78 is 29.8. The zero-order chi connectivity index (χ0) is 19.6. The van der Waals surface area contributed by atoms with E-state index in [4.69, 9.17) is 0 Å². The molecule has 0 amide bonds. The van der Waals surface area contributed by atoms with E-state index in [0.717, 1.165) is 35.0 Å². The van der Waals surface area contributed by atoms with Crippen molar-refractivity contribution in [3.63, 3.8) is 0 Å². The zero-order valence-electron chi connectivity index (χ0n) is 15.5. The van der Waals surface area contributed by atoms with Crippen LogP contribution in [0.15, 0.2) is 51.0 Å². The van der Waals surface area contributed by atoms with Gasteiger partial charge in [-0.2, -0.15) is 0 Å². The largest absolute Gasteiger partial charge is 0.330 e. The molecule has 0 spiro atoms. The fraction of sp³-hybridized carbons (Fsp3) is 0.444. The Morgan fingerprint density at radius 2 is 1.70 bits per heavy atom. The second-order valence-corrected chi connectivity index (χ2v) is 8.59. The molecule has 146 valence electrons. The zero-order valence-corrected chi connectivity index (χ0v) is 16.3. The van der Waals surface area contributed by atoms with Crippen molar-refractivity contribution in [1.29, 1.82) is 0 Å². The van der Waals surface area contributed by atoms with Crippen LogP contribution in [0.2, 0.25) is 0 Å². The van der Waals surface area contributed by atoms with Gasteiger partial charge in [0.15, 0.2) is 4.90 Å². The van der Waals surface area contributed by atoms with Gasteiger partial charge in [-0.25, -0.2) is 17.9 Å². The van der Waals surface area contributed by atoms with Crippen LogP contribution in [0, 0.1) is 0 Å². The van der Waals surface area contributed by atoms with E-state index >= 15 is 0 Å². The smallest absolute Gasteiger partial charge is 0.302 e. The SMILES string of the molecule is Cn1cc(S(=O)(=O)NC2CCN(Cc3ccccc3)CC2)c(=O)n(C)c1=O. The molecule has 0 atom stereocenters. The lowest BCUT2D eigenvalue weighted by Crippen LogP contribution is -2.47. The summed E-state index contributed by atoms with van der Waals surface area (Å²) in [5.74, 6) is 0. The maximum atomic E-state index is 12.7. The van der Waals surface area contributed by atoms with E-state index < -0.39 is 26.2 Å². The number of hydrogen-bond acceptors (Lipinski definition) is 5.